The van der Waals surface area contributed by atoms with E-state index in [0.717, 1.165) is 10.1 Å². The topological polar surface area (TPSA) is 69.6 Å². The van der Waals surface area contributed by atoms with Crippen molar-refractivity contribution in [3.8, 4) is 0 Å². The van der Waals surface area contributed by atoms with Crippen molar-refractivity contribution >= 4 is 27.3 Å². The molecule has 0 aliphatic rings. The highest BCUT2D eigenvalue weighted by atomic mass is 32.1. The van der Waals surface area contributed by atoms with Crippen LogP contribution in [0.2, 0.25) is 0 Å². The first-order valence-corrected chi connectivity index (χ1v) is 6.48. The maximum atomic E-state index is 12.1. The Kier molecular flexibility index (Phi) is 3.65. The molecule has 0 unspecified atom stereocenters. The first kappa shape index (κ1) is 13.0. The lowest BCUT2D eigenvalue weighted by Crippen LogP contribution is -2.51. The van der Waals surface area contributed by atoms with Crippen LogP contribution in [0.15, 0.2) is 29.6 Å². The van der Waals surface area contributed by atoms with Gasteiger partial charge in [0.1, 0.15) is 0 Å². The van der Waals surface area contributed by atoms with Crippen LogP contribution in [-0.4, -0.2) is 34.9 Å². The molecule has 2 rings (SSSR count). The number of rotatable bonds is 4. The molecule has 1 aromatic heterocycles. The summed E-state index contributed by atoms with van der Waals surface area (Å²) in [4.78, 5) is 12.1. The molecule has 4 nitrogen and oxygen atoms in total. The van der Waals surface area contributed by atoms with E-state index < -0.39 is 5.54 Å². The minimum absolute atomic E-state index is 0.280. The van der Waals surface area contributed by atoms with Crippen LogP contribution in [0.1, 0.15) is 17.3 Å². The highest BCUT2D eigenvalue weighted by Gasteiger charge is 2.26. The third-order valence-electron chi connectivity index (χ3n) is 2.84. The number of amides is 1. The Labute approximate surface area is 109 Å². The predicted octanol–water partition coefficient (Wildman–Crippen LogP) is 1.37. The van der Waals surface area contributed by atoms with Gasteiger partial charge in [-0.25, -0.2) is 0 Å². The van der Waals surface area contributed by atoms with Crippen LogP contribution in [0.5, 0.6) is 0 Å². The van der Waals surface area contributed by atoms with Crippen LogP contribution in [0.25, 0.3) is 10.1 Å². The Morgan fingerprint density at radius 3 is 2.67 bits per heavy atom. The first-order chi connectivity index (χ1) is 8.59. The van der Waals surface area contributed by atoms with Crippen LogP contribution in [0.4, 0.5) is 0 Å². The number of hydrogen-bond donors (Lipinski definition) is 3. The molecule has 0 bridgehead atoms. The molecule has 1 heterocycles. The molecule has 0 aliphatic carbocycles. The van der Waals surface area contributed by atoms with Crippen molar-refractivity contribution in [2.75, 3.05) is 13.2 Å². The summed E-state index contributed by atoms with van der Waals surface area (Å²) in [7, 11) is 0. The largest absolute Gasteiger partial charge is 0.394 e. The molecule has 96 valence electrons. The predicted molar refractivity (Wildman–Crippen MR) is 71.9 cm³/mol. The van der Waals surface area contributed by atoms with E-state index in [1.165, 1.54) is 11.3 Å². The summed E-state index contributed by atoms with van der Waals surface area (Å²) in [6, 6.07) is 7.64. The SMILES string of the molecule is CC(CO)(CO)NC(=O)c1csc2ccccc12. The zero-order chi connectivity index (χ0) is 13.2. The first-order valence-electron chi connectivity index (χ1n) is 5.60. The van der Waals surface area contributed by atoms with E-state index in [4.69, 9.17) is 0 Å². The van der Waals surface area contributed by atoms with Gasteiger partial charge in [0, 0.05) is 15.5 Å². The molecule has 0 radical (unpaired) electrons. The standard InChI is InChI=1S/C13H15NO3S/c1-13(7-15,8-16)14-12(17)10-6-18-11-5-3-2-4-9(10)11/h2-6,15-16H,7-8H2,1H3,(H,14,17). The molecule has 1 amide bonds. The van der Waals surface area contributed by atoms with Gasteiger partial charge in [-0.1, -0.05) is 18.2 Å². The van der Waals surface area contributed by atoms with Crippen molar-refractivity contribution in [1.82, 2.24) is 5.32 Å². The molecular formula is C13H15NO3S. The number of aliphatic hydroxyl groups excluding tert-OH is 2. The monoisotopic (exact) mass is 265 g/mol. The highest BCUT2D eigenvalue weighted by molar-refractivity contribution is 7.17. The Morgan fingerprint density at radius 2 is 2.00 bits per heavy atom. The zero-order valence-corrected chi connectivity index (χ0v) is 10.8. The van der Waals surface area contributed by atoms with Gasteiger partial charge in [-0.15, -0.1) is 11.3 Å². The summed E-state index contributed by atoms with van der Waals surface area (Å²) in [5, 5.41) is 23.7. The summed E-state index contributed by atoms with van der Waals surface area (Å²) in [5.74, 6) is -0.280. The van der Waals surface area contributed by atoms with Crippen LogP contribution < -0.4 is 5.32 Å². The zero-order valence-electron chi connectivity index (χ0n) is 10.0. The fraction of sp³-hybridized carbons (Fsp3) is 0.308. The van der Waals surface area contributed by atoms with E-state index in [1.54, 1.807) is 12.3 Å². The smallest absolute Gasteiger partial charge is 0.253 e. The van der Waals surface area contributed by atoms with Gasteiger partial charge in [-0.05, 0) is 13.0 Å². The second-order valence-corrected chi connectivity index (χ2v) is 5.39. The van der Waals surface area contributed by atoms with Crippen molar-refractivity contribution < 1.29 is 15.0 Å². The van der Waals surface area contributed by atoms with Crippen molar-refractivity contribution in [2.45, 2.75) is 12.5 Å². The molecule has 18 heavy (non-hydrogen) atoms. The minimum atomic E-state index is -1.000. The molecule has 0 fully saturated rings. The molecule has 5 heteroatoms. The van der Waals surface area contributed by atoms with Crippen LogP contribution in [0.3, 0.4) is 0 Å². The van der Waals surface area contributed by atoms with E-state index in [1.807, 2.05) is 24.3 Å². The second-order valence-electron chi connectivity index (χ2n) is 4.48. The molecule has 2 aromatic rings. The van der Waals surface area contributed by atoms with Crippen LogP contribution >= 0.6 is 11.3 Å². The second kappa shape index (κ2) is 5.06. The fourth-order valence-corrected chi connectivity index (χ4v) is 2.57. The van der Waals surface area contributed by atoms with Gasteiger partial charge in [0.15, 0.2) is 0 Å². The number of hydrogen-bond acceptors (Lipinski definition) is 4. The highest BCUT2D eigenvalue weighted by Crippen LogP contribution is 2.25. The summed E-state index contributed by atoms with van der Waals surface area (Å²) < 4.78 is 1.04. The van der Waals surface area contributed by atoms with E-state index in [9.17, 15) is 15.0 Å². The number of fused-ring (bicyclic) bond motifs is 1. The Hall–Kier alpha value is -1.43. The fourth-order valence-electron chi connectivity index (χ4n) is 1.62. The molecule has 0 atom stereocenters. The van der Waals surface area contributed by atoms with Gasteiger partial charge >= 0.3 is 0 Å². The normalized spacial score (nSPS) is 11.7. The molecule has 0 saturated heterocycles. The Balaban J connectivity index is 2.29. The van der Waals surface area contributed by atoms with E-state index in [2.05, 4.69) is 5.32 Å². The molecule has 3 N–H and O–H groups in total. The lowest BCUT2D eigenvalue weighted by molar-refractivity contribution is 0.0725. The van der Waals surface area contributed by atoms with Crippen LogP contribution in [0, 0.1) is 0 Å². The van der Waals surface area contributed by atoms with E-state index in [-0.39, 0.29) is 19.1 Å². The number of benzene rings is 1. The van der Waals surface area contributed by atoms with Gasteiger partial charge in [0.2, 0.25) is 0 Å². The molecular weight excluding hydrogens is 250 g/mol. The maximum Gasteiger partial charge on any atom is 0.253 e. The van der Waals surface area contributed by atoms with E-state index >= 15 is 0 Å². The van der Waals surface area contributed by atoms with Crippen molar-refractivity contribution in [2.24, 2.45) is 0 Å². The van der Waals surface area contributed by atoms with Gasteiger partial charge < -0.3 is 15.5 Å². The molecule has 0 aliphatic heterocycles. The maximum absolute atomic E-state index is 12.1. The molecule has 0 spiro atoms. The van der Waals surface area contributed by atoms with Crippen LogP contribution in [-0.2, 0) is 0 Å². The summed E-state index contributed by atoms with van der Waals surface area (Å²) in [6.45, 7) is 0.980. The number of nitrogens with one attached hydrogen (secondary N) is 1. The quantitative estimate of drug-likeness (QED) is 0.782. The number of thiophene rings is 1. The number of aliphatic hydroxyl groups is 2. The lowest BCUT2D eigenvalue weighted by atomic mass is 10.0. The van der Waals surface area contributed by atoms with Gasteiger partial charge in [0.25, 0.3) is 5.91 Å². The van der Waals surface area contributed by atoms with Crippen molar-refractivity contribution in [3.05, 3.63) is 35.2 Å². The molecule has 0 saturated carbocycles. The van der Waals surface area contributed by atoms with E-state index in [0.29, 0.717) is 5.56 Å². The lowest BCUT2D eigenvalue weighted by Gasteiger charge is -2.25. The third-order valence-corrected chi connectivity index (χ3v) is 3.80. The summed E-state index contributed by atoms with van der Waals surface area (Å²) >= 11 is 1.50. The van der Waals surface area contributed by atoms with Gasteiger partial charge in [0.05, 0.1) is 24.3 Å². The van der Waals surface area contributed by atoms with Crippen molar-refractivity contribution in [3.63, 3.8) is 0 Å². The number of carbonyl (C=O) groups is 1. The molecule has 1 aromatic carbocycles. The van der Waals surface area contributed by atoms with Gasteiger partial charge in [-0.3, -0.25) is 4.79 Å². The minimum Gasteiger partial charge on any atom is -0.394 e. The van der Waals surface area contributed by atoms with Crippen molar-refractivity contribution in [1.29, 1.82) is 0 Å². The van der Waals surface area contributed by atoms with Gasteiger partial charge in [-0.2, -0.15) is 0 Å². The third kappa shape index (κ3) is 2.38. The Bertz CT molecular complexity index is 560. The summed E-state index contributed by atoms with van der Waals surface area (Å²) in [5.41, 5.74) is -0.427. The number of carbonyl (C=O) groups excluding carboxylic acids is 1. The Morgan fingerprint density at radius 1 is 1.33 bits per heavy atom. The average molecular weight is 265 g/mol. The average Bonchev–Trinajstić information content (AvgIpc) is 2.82. The summed E-state index contributed by atoms with van der Waals surface area (Å²) in [6.07, 6.45) is 0.